The zero-order chi connectivity index (χ0) is 19.4. The number of piperidine rings is 1. The predicted molar refractivity (Wildman–Crippen MR) is 108 cm³/mol. The second-order valence-corrected chi connectivity index (χ2v) is 7.82. The largest absolute Gasteiger partial charge is 0.495 e. The number of carbonyl (C=O) groups excluding carboxylic acids is 1. The van der Waals surface area contributed by atoms with Gasteiger partial charge in [-0.3, -0.25) is 4.79 Å². The van der Waals surface area contributed by atoms with Crippen LogP contribution in [0.2, 0.25) is 0 Å². The Bertz CT molecular complexity index is 636. The van der Waals surface area contributed by atoms with Gasteiger partial charge in [0.15, 0.2) is 0 Å². The highest BCUT2D eigenvalue weighted by atomic mass is 16.5. The van der Waals surface area contributed by atoms with Gasteiger partial charge in [0.25, 0.3) is 5.91 Å². The lowest BCUT2D eigenvalue weighted by Crippen LogP contribution is -2.43. The van der Waals surface area contributed by atoms with Crippen LogP contribution in [-0.4, -0.2) is 82.3 Å². The summed E-state index contributed by atoms with van der Waals surface area (Å²) in [7, 11) is 5.94. The van der Waals surface area contributed by atoms with Gasteiger partial charge in [0.1, 0.15) is 5.75 Å². The Morgan fingerprint density at radius 1 is 1.19 bits per heavy atom. The highest BCUT2D eigenvalue weighted by Gasteiger charge is 2.28. The summed E-state index contributed by atoms with van der Waals surface area (Å²) >= 11 is 0. The molecule has 1 aromatic carbocycles. The minimum absolute atomic E-state index is 0.128. The molecule has 2 aliphatic heterocycles. The molecular weight excluding hydrogens is 342 g/mol. The van der Waals surface area contributed by atoms with Crippen molar-refractivity contribution in [2.24, 2.45) is 5.92 Å². The molecule has 0 aliphatic carbocycles. The van der Waals surface area contributed by atoms with Crippen molar-refractivity contribution in [3.05, 3.63) is 23.8 Å². The first-order chi connectivity index (χ1) is 13.0. The molecule has 0 N–H and O–H groups in total. The summed E-state index contributed by atoms with van der Waals surface area (Å²) in [5, 5.41) is 0. The number of hydrogen-bond acceptors (Lipinski definition) is 5. The maximum atomic E-state index is 13.1. The molecule has 0 bridgehead atoms. The van der Waals surface area contributed by atoms with Crippen molar-refractivity contribution in [3.63, 3.8) is 0 Å². The number of benzene rings is 1. The van der Waals surface area contributed by atoms with Gasteiger partial charge < -0.3 is 24.2 Å². The summed E-state index contributed by atoms with van der Waals surface area (Å²) in [4.78, 5) is 19.6. The van der Waals surface area contributed by atoms with Crippen LogP contribution < -0.4 is 9.64 Å². The van der Waals surface area contributed by atoms with Crippen LogP contribution in [0.25, 0.3) is 0 Å². The van der Waals surface area contributed by atoms with Crippen LogP contribution in [0.3, 0.4) is 0 Å². The minimum Gasteiger partial charge on any atom is -0.495 e. The van der Waals surface area contributed by atoms with Crippen LogP contribution in [0.5, 0.6) is 5.75 Å². The number of likely N-dealkylation sites (tertiary alicyclic amines) is 1. The average molecular weight is 376 g/mol. The molecule has 0 saturated carbocycles. The molecule has 1 aromatic rings. The van der Waals surface area contributed by atoms with Crippen LogP contribution >= 0.6 is 0 Å². The molecule has 27 heavy (non-hydrogen) atoms. The quantitative estimate of drug-likeness (QED) is 0.790. The average Bonchev–Trinajstić information content (AvgIpc) is 2.73. The standard InChI is InChI=1S/C21H33N3O3/c1-16(22(2)3)17-7-9-24(10-8-17)21(25)18-5-6-20(26-4)19(15-18)23-11-13-27-14-12-23/h5-6,15-17H,7-14H2,1-4H3/t16-/m0/s1. The fourth-order valence-corrected chi connectivity index (χ4v) is 4.06. The number of ether oxygens (including phenoxy) is 2. The summed E-state index contributed by atoms with van der Waals surface area (Å²) in [5.74, 6) is 1.60. The van der Waals surface area contributed by atoms with Gasteiger partial charge in [-0.05, 0) is 58.0 Å². The van der Waals surface area contributed by atoms with E-state index in [1.54, 1.807) is 7.11 Å². The van der Waals surface area contributed by atoms with Crippen molar-refractivity contribution in [2.45, 2.75) is 25.8 Å². The number of rotatable bonds is 5. The van der Waals surface area contributed by atoms with Crippen LogP contribution in [-0.2, 0) is 4.74 Å². The Morgan fingerprint density at radius 3 is 2.44 bits per heavy atom. The third kappa shape index (κ3) is 4.55. The zero-order valence-electron chi connectivity index (χ0n) is 17.1. The molecule has 2 aliphatic rings. The van der Waals surface area contributed by atoms with Gasteiger partial charge in [-0.1, -0.05) is 0 Å². The molecule has 6 heteroatoms. The number of nitrogens with zero attached hydrogens (tertiary/aromatic N) is 3. The van der Waals surface area contributed by atoms with E-state index in [0.29, 0.717) is 25.2 Å². The lowest BCUT2D eigenvalue weighted by molar-refractivity contribution is 0.0641. The van der Waals surface area contributed by atoms with E-state index in [4.69, 9.17) is 9.47 Å². The van der Waals surface area contributed by atoms with Crippen LogP contribution in [0.15, 0.2) is 18.2 Å². The Hall–Kier alpha value is -1.79. The minimum atomic E-state index is 0.128. The predicted octanol–water partition coefficient (Wildman–Crippen LogP) is 2.33. The molecule has 1 atom stereocenters. The maximum Gasteiger partial charge on any atom is 0.253 e. The number of hydrogen-bond donors (Lipinski definition) is 0. The third-order valence-electron chi connectivity index (χ3n) is 6.10. The van der Waals surface area contributed by atoms with Gasteiger partial charge in [-0.15, -0.1) is 0 Å². The van der Waals surface area contributed by atoms with Gasteiger partial charge in [0.2, 0.25) is 0 Å². The molecule has 1 amide bonds. The smallest absolute Gasteiger partial charge is 0.253 e. The number of morpholine rings is 1. The third-order valence-corrected chi connectivity index (χ3v) is 6.10. The Labute approximate surface area is 163 Å². The lowest BCUT2D eigenvalue weighted by atomic mass is 9.89. The number of amides is 1. The fraction of sp³-hybridized carbons (Fsp3) is 0.667. The number of carbonyl (C=O) groups is 1. The normalized spacial score (nSPS) is 20.0. The maximum absolute atomic E-state index is 13.1. The molecule has 0 aromatic heterocycles. The highest BCUT2D eigenvalue weighted by Crippen LogP contribution is 2.31. The Kier molecular flexibility index (Phi) is 6.60. The topological polar surface area (TPSA) is 45.2 Å². The van der Waals surface area contributed by atoms with Crippen LogP contribution in [0.4, 0.5) is 5.69 Å². The van der Waals surface area contributed by atoms with Gasteiger partial charge in [-0.25, -0.2) is 0 Å². The fourth-order valence-electron chi connectivity index (χ4n) is 4.06. The molecule has 0 radical (unpaired) electrons. The van der Waals surface area contributed by atoms with Gasteiger partial charge >= 0.3 is 0 Å². The monoisotopic (exact) mass is 375 g/mol. The van der Waals surface area contributed by atoms with E-state index in [1.807, 2.05) is 23.1 Å². The van der Waals surface area contributed by atoms with Crippen molar-refractivity contribution >= 4 is 11.6 Å². The van der Waals surface area contributed by atoms with Gasteiger partial charge in [0.05, 0.1) is 26.0 Å². The summed E-state index contributed by atoms with van der Waals surface area (Å²) in [6.45, 7) is 7.00. The summed E-state index contributed by atoms with van der Waals surface area (Å²) in [6.07, 6.45) is 2.13. The van der Waals surface area contributed by atoms with Crippen molar-refractivity contribution in [1.29, 1.82) is 0 Å². The molecule has 150 valence electrons. The van der Waals surface area contributed by atoms with E-state index >= 15 is 0 Å². The van der Waals surface area contributed by atoms with Crippen LogP contribution in [0, 0.1) is 5.92 Å². The second kappa shape index (κ2) is 8.93. The van der Waals surface area contributed by atoms with E-state index in [1.165, 1.54) is 0 Å². The Balaban J connectivity index is 1.70. The molecule has 0 unspecified atom stereocenters. The SMILES string of the molecule is COc1ccc(C(=O)N2CCC([C@H](C)N(C)C)CC2)cc1N1CCOCC1. The van der Waals surface area contributed by atoms with Gasteiger partial charge in [0, 0.05) is 37.8 Å². The molecule has 2 saturated heterocycles. The first-order valence-electron chi connectivity index (χ1n) is 9.97. The van der Waals surface area contributed by atoms with E-state index in [-0.39, 0.29) is 5.91 Å². The van der Waals surface area contributed by atoms with Crippen molar-refractivity contribution in [2.75, 3.05) is 65.5 Å². The first kappa shape index (κ1) is 20.0. The molecule has 2 heterocycles. The van der Waals surface area contributed by atoms with E-state index in [2.05, 4.69) is 30.8 Å². The van der Waals surface area contributed by atoms with Crippen LogP contribution in [0.1, 0.15) is 30.1 Å². The molecule has 3 rings (SSSR count). The molecule has 6 nitrogen and oxygen atoms in total. The first-order valence-corrected chi connectivity index (χ1v) is 9.97. The van der Waals surface area contributed by atoms with E-state index < -0.39 is 0 Å². The number of anilines is 1. The molecular formula is C21H33N3O3. The summed E-state index contributed by atoms with van der Waals surface area (Å²) in [6, 6.07) is 6.34. The zero-order valence-corrected chi connectivity index (χ0v) is 17.1. The van der Waals surface area contributed by atoms with Crippen molar-refractivity contribution in [1.82, 2.24) is 9.80 Å². The van der Waals surface area contributed by atoms with Crippen molar-refractivity contribution < 1.29 is 14.3 Å². The number of methoxy groups -OCH3 is 1. The second-order valence-electron chi connectivity index (χ2n) is 7.82. The Morgan fingerprint density at radius 2 is 1.85 bits per heavy atom. The van der Waals surface area contributed by atoms with E-state index in [0.717, 1.165) is 56.0 Å². The molecule has 2 fully saturated rings. The van der Waals surface area contributed by atoms with E-state index in [9.17, 15) is 4.79 Å². The summed E-state index contributed by atoms with van der Waals surface area (Å²) in [5.41, 5.74) is 1.74. The molecule has 0 spiro atoms. The van der Waals surface area contributed by atoms with Crippen molar-refractivity contribution in [3.8, 4) is 5.75 Å². The van der Waals surface area contributed by atoms with Gasteiger partial charge in [-0.2, -0.15) is 0 Å². The lowest BCUT2D eigenvalue weighted by Gasteiger charge is -2.37. The summed E-state index contributed by atoms with van der Waals surface area (Å²) < 4.78 is 11.0. The highest BCUT2D eigenvalue weighted by molar-refractivity contribution is 5.95.